The number of hydrogen-bond acceptors (Lipinski definition) is 3. The van der Waals surface area contributed by atoms with Gasteiger partial charge in [-0.25, -0.2) is 0 Å². The third-order valence-corrected chi connectivity index (χ3v) is 3.46. The first-order valence-corrected chi connectivity index (χ1v) is 7.12. The second kappa shape index (κ2) is 9.86. The van der Waals surface area contributed by atoms with E-state index in [1.54, 1.807) is 0 Å². The smallest absolute Gasteiger partial charge is 0.0593 e. The summed E-state index contributed by atoms with van der Waals surface area (Å²) in [4.78, 5) is 2.50. The fraction of sp³-hybridized carbons (Fsp3) is 1.00. The molecule has 0 saturated heterocycles. The van der Waals surface area contributed by atoms with Crippen molar-refractivity contribution in [2.75, 3.05) is 45.9 Å². The van der Waals surface area contributed by atoms with Crippen molar-refractivity contribution < 1.29 is 4.74 Å². The molecule has 17 heavy (non-hydrogen) atoms. The van der Waals surface area contributed by atoms with Crippen molar-refractivity contribution in [2.24, 2.45) is 5.41 Å². The van der Waals surface area contributed by atoms with Crippen molar-refractivity contribution in [1.29, 1.82) is 0 Å². The van der Waals surface area contributed by atoms with Gasteiger partial charge in [0.05, 0.1) is 6.61 Å². The average Bonchev–Trinajstić information content (AvgIpc) is 2.35. The zero-order valence-electron chi connectivity index (χ0n) is 12.5. The molecule has 0 bridgehead atoms. The summed E-state index contributed by atoms with van der Waals surface area (Å²) in [5, 5.41) is 3.48. The maximum absolute atomic E-state index is 5.44. The van der Waals surface area contributed by atoms with E-state index in [4.69, 9.17) is 4.74 Å². The molecule has 104 valence electrons. The van der Waals surface area contributed by atoms with Crippen molar-refractivity contribution in [2.45, 2.75) is 41.0 Å². The second-order valence-corrected chi connectivity index (χ2v) is 5.01. The molecule has 0 aromatic carbocycles. The highest BCUT2D eigenvalue weighted by atomic mass is 16.5. The Labute approximate surface area is 108 Å². The van der Waals surface area contributed by atoms with E-state index in [1.165, 1.54) is 6.42 Å². The molecular weight excluding hydrogens is 212 g/mol. The summed E-state index contributed by atoms with van der Waals surface area (Å²) < 4.78 is 5.44. The largest absolute Gasteiger partial charge is 0.380 e. The molecule has 0 radical (unpaired) electrons. The van der Waals surface area contributed by atoms with Gasteiger partial charge in [0.1, 0.15) is 0 Å². The monoisotopic (exact) mass is 244 g/mol. The predicted octanol–water partition coefficient (Wildman–Crippen LogP) is 2.37. The van der Waals surface area contributed by atoms with Gasteiger partial charge in [-0.1, -0.05) is 27.7 Å². The van der Waals surface area contributed by atoms with Crippen LogP contribution >= 0.6 is 0 Å². The molecule has 0 fully saturated rings. The topological polar surface area (TPSA) is 24.5 Å². The van der Waals surface area contributed by atoms with Crippen LogP contribution in [-0.4, -0.2) is 50.8 Å². The molecule has 1 N–H and O–H groups in total. The number of rotatable bonds is 11. The maximum Gasteiger partial charge on any atom is 0.0593 e. The van der Waals surface area contributed by atoms with E-state index < -0.39 is 0 Å². The molecule has 3 nitrogen and oxygen atoms in total. The Balaban J connectivity index is 4.09. The molecule has 1 atom stereocenters. The van der Waals surface area contributed by atoms with Gasteiger partial charge in [-0.2, -0.15) is 0 Å². The Kier molecular flexibility index (Phi) is 9.79. The van der Waals surface area contributed by atoms with Gasteiger partial charge in [0.15, 0.2) is 0 Å². The number of nitrogens with zero attached hydrogens (tertiary/aromatic N) is 1. The van der Waals surface area contributed by atoms with Gasteiger partial charge in [0, 0.05) is 26.2 Å². The van der Waals surface area contributed by atoms with Gasteiger partial charge in [0.2, 0.25) is 0 Å². The van der Waals surface area contributed by atoms with Gasteiger partial charge >= 0.3 is 0 Å². The summed E-state index contributed by atoms with van der Waals surface area (Å²) in [6.45, 7) is 18.3. The molecule has 0 heterocycles. The third-order valence-electron chi connectivity index (χ3n) is 3.46. The number of hydrogen-bond donors (Lipinski definition) is 1. The van der Waals surface area contributed by atoms with Crippen LogP contribution in [0.15, 0.2) is 0 Å². The van der Waals surface area contributed by atoms with E-state index in [2.05, 4.69) is 44.8 Å². The predicted molar refractivity (Wildman–Crippen MR) is 75.5 cm³/mol. The maximum atomic E-state index is 5.44. The lowest BCUT2D eigenvalue weighted by Crippen LogP contribution is -2.43. The molecule has 0 aliphatic carbocycles. The highest BCUT2D eigenvalue weighted by Crippen LogP contribution is 2.21. The van der Waals surface area contributed by atoms with Gasteiger partial charge in [-0.05, 0) is 31.8 Å². The van der Waals surface area contributed by atoms with Crippen molar-refractivity contribution in [3.63, 3.8) is 0 Å². The van der Waals surface area contributed by atoms with Gasteiger partial charge < -0.3 is 15.0 Å². The van der Waals surface area contributed by atoms with Crippen molar-refractivity contribution in [3.8, 4) is 0 Å². The molecule has 0 amide bonds. The summed E-state index contributed by atoms with van der Waals surface area (Å²) in [7, 11) is 0. The standard InChI is InChI=1S/C14H32N2O/c1-6-14(5,12-15-7-2)13-16(8-3)10-11-17-9-4/h15H,6-13H2,1-5H3. The first-order valence-electron chi connectivity index (χ1n) is 7.12. The van der Waals surface area contributed by atoms with Crippen LogP contribution in [0.4, 0.5) is 0 Å². The van der Waals surface area contributed by atoms with E-state index in [0.717, 1.165) is 45.9 Å². The fourth-order valence-electron chi connectivity index (χ4n) is 1.95. The summed E-state index contributed by atoms with van der Waals surface area (Å²) in [5.74, 6) is 0. The van der Waals surface area contributed by atoms with Gasteiger partial charge in [-0.3, -0.25) is 0 Å². The molecule has 0 spiro atoms. The molecule has 3 heteroatoms. The van der Waals surface area contributed by atoms with Crippen molar-refractivity contribution in [3.05, 3.63) is 0 Å². The van der Waals surface area contributed by atoms with Gasteiger partial charge in [0.25, 0.3) is 0 Å². The Hall–Kier alpha value is -0.120. The fourth-order valence-corrected chi connectivity index (χ4v) is 1.95. The first-order chi connectivity index (χ1) is 8.11. The average molecular weight is 244 g/mol. The zero-order valence-corrected chi connectivity index (χ0v) is 12.5. The second-order valence-electron chi connectivity index (χ2n) is 5.01. The van der Waals surface area contributed by atoms with Crippen LogP contribution in [0.3, 0.4) is 0 Å². The Bertz CT molecular complexity index is 176. The molecule has 0 rings (SSSR count). The molecule has 0 aliphatic rings. The Morgan fingerprint density at radius 1 is 1.18 bits per heavy atom. The molecule has 0 saturated carbocycles. The van der Waals surface area contributed by atoms with Crippen LogP contribution in [0.25, 0.3) is 0 Å². The summed E-state index contributed by atoms with van der Waals surface area (Å²) in [6.07, 6.45) is 1.21. The van der Waals surface area contributed by atoms with Crippen LogP contribution in [0, 0.1) is 5.41 Å². The van der Waals surface area contributed by atoms with Crippen LogP contribution in [0.1, 0.15) is 41.0 Å². The number of likely N-dealkylation sites (N-methyl/N-ethyl adjacent to an activating group) is 1. The zero-order chi connectivity index (χ0) is 13.1. The summed E-state index contributed by atoms with van der Waals surface area (Å²) in [5.41, 5.74) is 0.373. The van der Waals surface area contributed by atoms with E-state index in [1.807, 2.05) is 0 Å². The summed E-state index contributed by atoms with van der Waals surface area (Å²) >= 11 is 0. The van der Waals surface area contributed by atoms with E-state index >= 15 is 0 Å². The van der Waals surface area contributed by atoms with Crippen LogP contribution < -0.4 is 5.32 Å². The molecular formula is C14H32N2O. The highest BCUT2D eigenvalue weighted by molar-refractivity contribution is 4.79. The lowest BCUT2D eigenvalue weighted by Gasteiger charge is -2.34. The summed E-state index contributed by atoms with van der Waals surface area (Å²) in [6, 6.07) is 0. The lowest BCUT2D eigenvalue weighted by atomic mass is 9.86. The normalized spacial score (nSPS) is 15.2. The SMILES string of the molecule is CCNCC(C)(CC)CN(CC)CCOCC. The molecule has 0 aliphatic heterocycles. The number of nitrogens with one attached hydrogen (secondary N) is 1. The van der Waals surface area contributed by atoms with Crippen molar-refractivity contribution in [1.82, 2.24) is 10.2 Å². The molecule has 0 aromatic rings. The van der Waals surface area contributed by atoms with Gasteiger partial charge in [-0.15, -0.1) is 0 Å². The third kappa shape index (κ3) is 7.74. The number of ether oxygens (including phenoxy) is 1. The lowest BCUT2D eigenvalue weighted by molar-refractivity contribution is 0.0917. The quantitative estimate of drug-likeness (QED) is 0.565. The Morgan fingerprint density at radius 3 is 2.35 bits per heavy atom. The van der Waals surface area contributed by atoms with Crippen molar-refractivity contribution >= 4 is 0 Å². The minimum atomic E-state index is 0.373. The van der Waals surface area contributed by atoms with E-state index in [-0.39, 0.29) is 0 Å². The van der Waals surface area contributed by atoms with E-state index in [9.17, 15) is 0 Å². The highest BCUT2D eigenvalue weighted by Gasteiger charge is 2.24. The van der Waals surface area contributed by atoms with Crippen LogP contribution in [-0.2, 0) is 4.74 Å². The minimum absolute atomic E-state index is 0.373. The minimum Gasteiger partial charge on any atom is -0.380 e. The first kappa shape index (κ1) is 16.9. The molecule has 0 aromatic heterocycles. The molecule has 1 unspecified atom stereocenters. The van der Waals surface area contributed by atoms with Crippen LogP contribution in [0.5, 0.6) is 0 Å². The van der Waals surface area contributed by atoms with E-state index in [0.29, 0.717) is 5.41 Å². The van der Waals surface area contributed by atoms with Crippen LogP contribution in [0.2, 0.25) is 0 Å². The Morgan fingerprint density at radius 2 is 1.88 bits per heavy atom.